The summed E-state index contributed by atoms with van der Waals surface area (Å²) in [5.41, 5.74) is 21.5. The number of para-hydroxylation sites is 4. The van der Waals surface area contributed by atoms with Crippen LogP contribution in [0.25, 0.3) is 66.2 Å². The summed E-state index contributed by atoms with van der Waals surface area (Å²) in [6, 6.07) is 78.7. The van der Waals surface area contributed by atoms with Crippen molar-refractivity contribution in [2.45, 2.75) is 45.4 Å². The van der Waals surface area contributed by atoms with E-state index in [1.165, 1.54) is 88.4 Å². The average molecular weight is 952 g/mol. The van der Waals surface area contributed by atoms with Crippen LogP contribution >= 0.6 is 0 Å². The van der Waals surface area contributed by atoms with Crippen molar-refractivity contribution in [2.24, 2.45) is 0 Å². The lowest BCUT2D eigenvalue weighted by Gasteiger charge is -2.47. The molecule has 1 atom stereocenters. The molecule has 0 amide bonds. The van der Waals surface area contributed by atoms with Crippen molar-refractivity contribution < 1.29 is 0 Å². The highest BCUT2D eigenvalue weighted by Gasteiger charge is 2.47. The number of rotatable bonds is 7. The first-order valence-corrected chi connectivity index (χ1v) is 25.8. The Labute approximate surface area is 431 Å². The van der Waals surface area contributed by atoms with Gasteiger partial charge in [-0.1, -0.05) is 163 Å². The van der Waals surface area contributed by atoms with Gasteiger partial charge in [-0.25, -0.2) is 9.97 Å². The fraction of sp³-hybridized carbons (Fsp3) is 0.101. The molecule has 12 aromatic rings. The van der Waals surface area contributed by atoms with Gasteiger partial charge >= 0.3 is 0 Å². The van der Waals surface area contributed by atoms with E-state index in [4.69, 9.17) is 9.97 Å². The van der Waals surface area contributed by atoms with Gasteiger partial charge in [-0.3, -0.25) is 0 Å². The lowest BCUT2D eigenvalue weighted by atomic mass is 9.61. The maximum absolute atomic E-state index is 5.11. The number of aryl methyl sites for hydroxylation is 3. The fourth-order valence-electron chi connectivity index (χ4n) is 12.6. The molecule has 1 aliphatic heterocycles. The van der Waals surface area contributed by atoms with E-state index in [1.54, 1.807) is 0 Å². The molecule has 0 spiro atoms. The topological polar surface area (TPSA) is 38.9 Å². The minimum atomic E-state index is -0.752. The van der Waals surface area contributed by atoms with E-state index < -0.39 is 5.41 Å². The van der Waals surface area contributed by atoms with Crippen LogP contribution in [0.5, 0.6) is 0 Å². The van der Waals surface area contributed by atoms with Crippen molar-refractivity contribution in [1.82, 2.24) is 19.1 Å². The van der Waals surface area contributed by atoms with Crippen LogP contribution in [-0.4, -0.2) is 19.1 Å². The molecule has 0 saturated carbocycles. The highest BCUT2D eigenvalue weighted by molar-refractivity contribution is 6.11. The molecule has 0 radical (unpaired) electrons. The fourth-order valence-corrected chi connectivity index (χ4v) is 12.6. The first kappa shape index (κ1) is 43.7. The molecule has 9 aromatic carbocycles. The molecule has 4 heterocycles. The van der Waals surface area contributed by atoms with Crippen LogP contribution in [-0.2, 0) is 5.41 Å². The SMILES string of the molecule is Cc1ccc2c(c1)C(c1ccc3c(c1)c1ccccc1n3-c1ccccc1)(c1ccc3c(c1)c1ccccc1n3-c1ccccc1)c1cc(C)ccc1N2C1=CCC(c2nc(C)nc(-c3ccccc3)c2C)C=C1. The van der Waals surface area contributed by atoms with Crippen LogP contribution in [0.3, 0.4) is 0 Å². The predicted octanol–water partition coefficient (Wildman–Crippen LogP) is 17.0. The van der Waals surface area contributed by atoms with Gasteiger partial charge in [0, 0.05) is 50.1 Å². The second kappa shape index (κ2) is 17.0. The number of hydrogen-bond donors (Lipinski definition) is 0. The first-order valence-electron chi connectivity index (χ1n) is 25.8. The molecule has 74 heavy (non-hydrogen) atoms. The molecule has 0 N–H and O–H groups in total. The van der Waals surface area contributed by atoms with E-state index in [0.29, 0.717) is 0 Å². The zero-order valence-electron chi connectivity index (χ0n) is 42.0. The molecule has 2 aliphatic rings. The Kier molecular flexibility index (Phi) is 10.1. The van der Waals surface area contributed by atoms with Gasteiger partial charge in [0.05, 0.1) is 50.2 Å². The Hall–Kier alpha value is -9.06. The summed E-state index contributed by atoms with van der Waals surface area (Å²) in [7, 11) is 0. The van der Waals surface area contributed by atoms with E-state index in [2.05, 4.69) is 265 Å². The maximum atomic E-state index is 5.11. The average Bonchev–Trinajstić information content (AvgIpc) is 3.97. The van der Waals surface area contributed by atoms with Crippen molar-refractivity contribution in [1.29, 1.82) is 0 Å². The van der Waals surface area contributed by atoms with Gasteiger partial charge < -0.3 is 14.0 Å². The molecule has 5 nitrogen and oxygen atoms in total. The Bertz CT molecular complexity index is 4060. The largest absolute Gasteiger partial charge is 0.310 e. The second-order valence-corrected chi connectivity index (χ2v) is 20.3. The van der Waals surface area contributed by atoms with E-state index in [0.717, 1.165) is 51.8 Å². The summed E-state index contributed by atoms with van der Waals surface area (Å²) in [6.45, 7) is 8.68. The van der Waals surface area contributed by atoms with Crippen molar-refractivity contribution >= 4 is 55.0 Å². The highest BCUT2D eigenvalue weighted by atomic mass is 15.2. The van der Waals surface area contributed by atoms with Crippen molar-refractivity contribution in [2.75, 3.05) is 4.90 Å². The maximum Gasteiger partial charge on any atom is 0.126 e. The predicted molar refractivity (Wildman–Crippen MR) is 307 cm³/mol. The van der Waals surface area contributed by atoms with Crippen LogP contribution < -0.4 is 4.90 Å². The zero-order valence-corrected chi connectivity index (χ0v) is 42.0. The van der Waals surface area contributed by atoms with Crippen LogP contribution in [0.4, 0.5) is 11.4 Å². The van der Waals surface area contributed by atoms with Crippen LogP contribution in [0, 0.1) is 27.7 Å². The van der Waals surface area contributed by atoms with Gasteiger partial charge in [0.1, 0.15) is 5.82 Å². The van der Waals surface area contributed by atoms with Crippen LogP contribution in [0.15, 0.2) is 236 Å². The smallest absolute Gasteiger partial charge is 0.126 e. The second-order valence-electron chi connectivity index (χ2n) is 20.3. The lowest BCUT2D eigenvalue weighted by molar-refractivity contribution is 0.725. The number of hydrogen-bond acceptors (Lipinski definition) is 3. The molecule has 0 saturated heterocycles. The minimum absolute atomic E-state index is 0.108. The summed E-state index contributed by atoms with van der Waals surface area (Å²) in [6.07, 6.45) is 7.95. The molecule has 3 aromatic heterocycles. The molecule has 0 fully saturated rings. The summed E-state index contributed by atoms with van der Waals surface area (Å²) in [5.74, 6) is 0.899. The summed E-state index contributed by atoms with van der Waals surface area (Å²) >= 11 is 0. The number of anilines is 2. The highest BCUT2D eigenvalue weighted by Crippen LogP contribution is 2.59. The minimum Gasteiger partial charge on any atom is -0.310 e. The number of fused-ring (bicyclic) bond motifs is 8. The summed E-state index contributed by atoms with van der Waals surface area (Å²) in [5, 5.41) is 4.91. The third-order valence-corrected chi connectivity index (χ3v) is 15.9. The zero-order chi connectivity index (χ0) is 49.7. The van der Waals surface area contributed by atoms with E-state index in [9.17, 15) is 0 Å². The molecule has 1 unspecified atom stereocenters. The third-order valence-electron chi connectivity index (χ3n) is 15.9. The van der Waals surface area contributed by atoms with Gasteiger partial charge in [-0.05, 0) is 141 Å². The van der Waals surface area contributed by atoms with E-state index >= 15 is 0 Å². The number of nitrogens with zero attached hydrogens (tertiary/aromatic N) is 5. The molecule has 354 valence electrons. The molecule has 1 aliphatic carbocycles. The van der Waals surface area contributed by atoms with E-state index in [1.807, 2.05) is 6.92 Å². The Morgan fingerprint density at radius 1 is 0.459 bits per heavy atom. The van der Waals surface area contributed by atoms with Crippen molar-refractivity contribution in [3.63, 3.8) is 0 Å². The molecule has 0 bridgehead atoms. The molecule has 5 heteroatoms. The van der Waals surface area contributed by atoms with Crippen LogP contribution in [0.1, 0.15) is 62.8 Å². The van der Waals surface area contributed by atoms with Gasteiger partial charge in [0.25, 0.3) is 0 Å². The van der Waals surface area contributed by atoms with Crippen molar-refractivity contribution in [3.8, 4) is 22.6 Å². The Balaban J connectivity index is 1.02. The van der Waals surface area contributed by atoms with Crippen molar-refractivity contribution in [3.05, 3.63) is 287 Å². The standard InChI is InChI=1S/C69H53N5/c1-44-28-36-65-59(40-44)69(50-32-38-63-57(42-50)55-24-14-16-26-61(55)72(63)52-20-10-6-11-21-52,51-33-39-64-58(43-51)56-25-15-17-27-62(56)73(64)53-22-12-7-13-23-53)60-41-45(2)29-37-66(60)74(65)54-34-30-49(31-35-54)68-46(3)67(70-47(4)71-68)48-18-8-5-9-19-48/h5-30,32-43,49H,31H2,1-4H3. The summed E-state index contributed by atoms with van der Waals surface area (Å²) < 4.78 is 4.85. The molecular formula is C69H53N5. The van der Waals surface area contributed by atoms with Gasteiger partial charge in [-0.15, -0.1) is 0 Å². The quantitative estimate of drug-likeness (QED) is 0.160. The van der Waals surface area contributed by atoms with Crippen LogP contribution in [0.2, 0.25) is 0 Å². The third kappa shape index (κ3) is 6.62. The number of aromatic nitrogens is 4. The first-order chi connectivity index (χ1) is 36.3. The lowest BCUT2D eigenvalue weighted by Crippen LogP contribution is -2.39. The van der Waals surface area contributed by atoms with Gasteiger partial charge in [0.2, 0.25) is 0 Å². The van der Waals surface area contributed by atoms with Gasteiger partial charge in [0.15, 0.2) is 0 Å². The number of benzene rings is 9. The monoisotopic (exact) mass is 951 g/mol. The summed E-state index contributed by atoms with van der Waals surface area (Å²) in [4.78, 5) is 12.6. The Morgan fingerprint density at radius 3 is 1.46 bits per heavy atom. The number of allylic oxidation sites excluding steroid dienone is 3. The van der Waals surface area contributed by atoms with E-state index in [-0.39, 0.29) is 5.92 Å². The molecular weight excluding hydrogens is 899 g/mol. The van der Waals surface area contributed by atoms with Gasteiger partial charge in [-0.2, -0.15) is 0 Å². The molecule has 14 rings (SSSR count). The Morgan fingerprint density at radius 2 is 0.946 bits per heavy atom. The normalized spacial score (nSPS) is 14.9.